The van der Waals surface area contributed by atoms with Gasteiger partial charge in [-0.25, -0.2) is 9.59 Å². The Balaban J connectivity index is 2.26. The number of esters is 2. The molecule has 1 aromatic carbocycles. The second kappa shape index (κ2) is 4.43. The minimum absolute atomic E-state index is 0.0592. The number of hydrogen-bond donors (Lipinski definition) is 0. The molecule has 4 nitrogen and oxygen atoms in total. The fraction of sp³-hybridized carbons (Fsp3) is 0.200. The van der Waals surface area contributed by atoms with Crippen molar-refractivity contribution in [3.63, 3.8) is 0 Å². The van der Waals surface area contributed by atoms with Crippen LogP contribution in [0.5, 0.6) is 0 Å². The molecule has 0 saturated carbocycles. The maximum Gasteiger partial charge on any atom is 0.333 e. The average molecular weight is 305 g/mol. The number of hydrogen-bond acceptors (Lipinski definition) is 4. The molecule has 16 heavy (non-hydrogen) atoms. The first-order chi connectivity index (χ1) is 7.56. The van der Waals surface area contributed by atoms with Crippen LogP contribution in [-0.4, -0.2) is 25.0 Å². The summed E-state index contributed by atoms with van der Waals surface area (Å²) in [4.78, 5) is 23.8. The molecule has 84 valence electrons. The van der Waals surface area contributed by atoms with E-state index in [0.717, 1.165) is 10.2 Å². The Labute approximate surface area is 105 Å². The summed E-state index contributed by atoms with van der Waals surface area (Å²) in [6.07, 6.45) is 0. The lowest BCUT2D eigenvalue weighted by Crippen LogP contribution is -2.42. The van der Waals surface area contributed by atoms with E-state index in [1.165, 1.54) is 0 Å². The molecule has 0 aliphatic carbocycles. The third-order valence-electron chi connectivity index (χ3n) is 2.14. The van der Waals surface area contributed by atoms with Crippen LogP contribution in [0.4, 0.5) is 5.69 Å². The van der Waals surface area contributed by atoms with Crippen LogP contribution in [0, 0.1) is 0 Å². The van der Waals surface area contributed by atoms with E-state index in [0.29, 0.717) is 5.02 Å². The van der Waals surface area contributed by atoms with E-state index < -0.39 is 11.9 Å². The zero-order chi connectivity index (χ0) is 11.7. The second-order valence-electron chi connectivity index (χ2n) is 3.30. The van der Waals surface area contributed by atoms with Gasteiger partial charge in [0.05, 0.1) is 5.02 Å². The van der Waals surface area contributed by atoms with Crippen LogP contribution in [0.15, 0.2) is 22.7 Å². The quantitative estimate of drug-likeness (QED) is 0.588. The molecule has 0 aromatic heterocycles. The SMILES string of the molecule is O=C1CN(c2ccc(Br)c(Cl)c2)CC(=O)O1. The molecule has 1 aromatic rings. The molecule has 2 rings (SSSR count). The third kappa shape index (κ3) is 2.36. The lowest BCUT2D eigenvalue weighted by atomic mass is 10.2. The minimum atomic E-state index is -0.546. The zero-order valence-corrected chi connectivity index (χ0v) is 10.4. The highest BCUT2D eigenvalue weighted by atomic mass is 79.9. The number of anilines is 1. The number of carbonyl (C=O) groups excluding carboxylic acids is 2. The number of cyclic esters (lactones) is 2. The van der Waals surface area contributed by atoms with Crippen molar-refractivity contribution in [1.82, 2.24) is 0 Å². The first-order valence-corrected chi connectivity index (χ1v) is 5.67. The molecular formula is C10H7BrClNO3. The number of ether oxygens (including phenoxy) is 1. The summed E-state index contributed by atoms with van der Waals surface area (Å²) in [6, 6.07) is 5.24. The van der Waals surface area contributed by atoms with E-state index >= 15 is 0 Å². The van der Waals surface area contributed by atoms with Crippen molar-refractivity contribution in [2.75, 3.05) is 18.0 Å². The fourth-order valence-electron chi connectivity index (χ4n) is 1.42. The molecule has 0 atom stereocenters. The van der Waals surface area contributed by atoms with Crippen molar-refractivity contribution in [3.05, 3.63) is 27.7 Å². The summed E-state index contributed by atoms with van der Waals surface area (Å²) in [7, 11) is 0. The molecule has 1 fully saturated rings. The van der Waals surface area contributed by atoms with E-state index in [1.807, 2.05) is 0 Å². The van der Waals surface area contributed by atoms with Gasteiger partial charge in [0.25, 0.3) is 0 Å². The molecule has 6 heteroatoms. The Hall–Kier alpha value is -1.07. The number of halogens is 2. The number of nitrogens with zero attached hydrogens (tertiary/aromatic N) is 1. The molecule has 1 heterocycles. The van der Waals surface area contributed by atoms with E-state index in [2.05, 4.69) is 20.7 Å². The molecule has 0 N–H and O–H groups in total. The summed E-state index contributed by atoms with van der Waals surface area (Å²) in [5.74, 6) is -1.09. The highest BCUT2D eigenvalue weighted by Gasteiger charge is 2.25. The summed E-state index contributed by atoms with van der Waals surface area (Å²) < 4.78 is 5.20. The molecule has 0 spiro atoms. The molecular weight excluding hydrogens is 297 g/mol. The van der Waals surface area contributed by atoms with Crippen molar-refractivity contribution in [2.45, 2.75) is 0 Å². The Kier molecular flexibility index (Phi) is 3.16. The van der Waals surface area contributed by atoms with Crippen LogP contribution in [0.25, 0.3) is 0 Å². The number of benzene rings is 1. The molecule has 1 aliphatic rings. The Morgan fingerprint density at radius 1 is 1.25 bits per heavy atom. The molecule has 1 aliphatic heterocycles. The first kappa shape index (κ1) is 11.4. The molecule has 0 bridgehead atoms. The third-order valence-corrected chi connectivity index (χ3v) is 3.37. The van der Waals surface area contributed by atoms with E-state index in [1.54, 1.807) is 23.1 Å². The predicted octanol–water partition coefficient (Wildman–Crippen LogP) is 1.99. The molecule has 0 radical (unpaired) electrons. The van der Waals surface area contributed by atoms with Crippen molar-refractivity contribution in [3.8, 4) is 0 Å². The van der Waals surface area contributed by atoms with Crippen molar-refractivity contribution < 1.29 is 14.3 Å². The largest absolute Gasteiger partial charge is 0.390 e. The molecule has 0 unspecified atom stereocenters. The maximum absolute atomic E-state index is 11.1. The lowest BCUT2D eigenvalue weighted by Gasteiger charge is -2.26. The van der Waals surface area contributed by atoms with Crippen LogP contribution >= 0.6 is 27.5 Å². The van der Waals surface area contributed by atoms with Gasteiger partial charge in [-0.3, -0.25) is 0 Å². The van der Waals surface area contributed by atoms with E-state index in [9.17, 15) is 9.59 Å². The van der Waals surface area contributed by atoms with Crippen LogP contribution in [0.2, 0.25) is 5.02 Å². The van der Waals surface area contributed by atoms with Crippen LogP contribution in [0.3, 0.4) is 0 Å². The van der Waals surface area contributed by atoms with Crippen LogP contribution in [0.1, 0.15) is 0 Å². The van der Waals surface area contributed by atoms with Crippen LogP contribution < -0.4 is 4.90 Å². The summed E-state index contributed by atoms with van der Waals surface area (Å²) >= 11 is 9.20. The van der Waals surface area contributed by atoms with Gasteiger partial charge < -0.3 is 9.64 Å². The van der Waals surface area contributed by atoms with Gasteiger partial charge in [0.15, 0.2) is 0 Å². The fourth-order valence-corrected chi connectivity index (χ4v) is 1.84. The Morgan fingerprint density at radius 2 is 1.88 bits per heavy atom. The van der Waals surface area contributed by atoms with E-state index in [-0.39, 0.29) is 13.1 Å². The van der Waals surface area contributed by atoms with Crippen LogP contribution in [-0.2, 0) is 14.3 Å². The minimum Gasteiger partial charge on any atom is -0.390 e. The van der Waals surface area contributed by atoms with E-state index in [4.69, 9.17) is 11.6 Å². The average Bonchev–Trinajstić information content (AvgIpc) is 2.20. The van der Waals surface area contributed by atoms with Gasteiger partial charge in [-0.15, -0.1) is 0 Å². The summed E-state index contributed by atoms with van der Waals surface area (Å²) in [5, 5.41) is 0.531. The molecule has 0 amide bonds. The second-order valence-corrected chi connectivity index (χ2v) is 4.56. The Morgan fingerprint density at radius 3 is 2.44 bits per heavy atom. The maximum atomic E-state index is 11.1. The topological polar surface area (TPSA) is 46.6 Å². The number of carbonyl (C=O) groups is 2. The highest BCUT2D eigenvalue weighted by Crippen LogP contribution is 2.28. The van der Waals surface area contributed by atoms with Gasteiger partial charge in [0, 0.05) is 10.2 Å². The zero-order valence-electron chi connectivity index (χ0n) is 8.07. The van der Waals surface area contributed by atoms with Gasteiger partial charge in [-0.05, 0) is 34.1 Å². The summed E-state index contributed by atoms with van der Waals surface area (Å²) in [5.41, 5.74) is 0.721. The van der Waals surface area contributed by atoms with Gasteiger partial charge >= 0.3 is 11.9 Å². The smallest absolute Gasteiger partial charge is 0.333 e. The predicted molar refractivity (Wildman–Crippen MR) is 62.5 cm³/mol. The monoisotopic (exact) mass is 303 g/mol. The number of rotatable bonds is 1. The van der Waals surface area contributed by atoms with Gasteiger partial charge in [0.1, 0.15) is 13.1 Å². The van der Waals surface area contributed by atoms with Gasteiger partial charge in [0.2, 0.25) is 0 Å². The first-order valence-electron chi connectivity index (χ1n) is 4.50. The number of morpholine rings is 1. The van der Waals surface area contributed by atoms with Crippen molar-refractivity contribution >= 4 is 45.2 Å². The van der Waals surface area contributed by atoms with Gasteiger partial charge in [-0.1, -0.05) is 11.6 Å². The van der Waals surface area contributed by atoms with Crippen molar-refractivity contribution in [2.24, 2.45) is 0 Å². The Bertz CT molecular complexity index is 447. The standard InChI is InChI=1S/C10H7BrClNO3/c11-7-2-1-6(3-8(7)12)13-4-9(14)16-10(15)5-13/h1-3H,4-5H2. The van der Waals surface area contributed by atoms with Crippen molar-refractivity contribution in [1.29, 1.82) is 0 Å². The molecule has 1 saturated heterocycles. The lowest BCUT2D eigenvalue weighted by molar-refractivity contribution is -0.160. The highest BCUT2D eigenvalue weighted by molar-refractivity contribution is 9.10. The normalized spacial score (nSPS) is 16.2. The summed E-state index contributed by atoms with van der Waals surface area (Å²) in [6.45, 7) is 0.118. The van der Waals surface area contributed by atoms with Gasteiger partial charge in [-0.2, -0.15) is 0 Å².